The van der Waals surface area contributed by atoms with Crippen molar-refractivity contribution in [3.05, 3.63) is 70.4 Å². The quantitative estimate of drug-likeness (QED) is 0.323. The van der Waals surface area contributed by atoms with Gasteiger partial charge in [-0.25, -0.2) is 14.6 Å². The van der Waals surface area contributed by atoms with E-state index in [2.05, 4.69) is 37.3 Å². The van der Waals surface area contributed by atoms with E-state index in [0.717, 1.165) is 49.6 Å². The first kappa shape index (κ1) is 36.3. The molecule has 46 heavy (non-hydrogen) atoms. The smallest absolute Gasteiger partial charge is 0.490 e. The summed E-state index contributed by atoms with van der Waals surface area (Å²) in [6.45, 7) is 3.73. The number of aliphatic carboxylic acids is 2. The van der Waals surface area contributed by atoms with Gasteiger partial charge in [0.1, 0.15) is 17.2 Å². The van der Waals surface area contributed by atoms with Gasteiger partial charge in [-0.3, -0.25) is 9.69 Å². The van der Waals surface area contributed by atoms with Crippen molar-refractivity contribution >= 4 is 29.2 Å². The zero-order chi connectivity index (χ0) is 34.1. The molecule has 2 aromatic heterocycles. The van der Waals surface area contributed by atoms with E-state index in [-0.39, 0.29) is 5.91 Å². The van der Waals surface area contributed by atoms with Gasteiger partial charge >= 0.3 is 24.3 Å². The van der Waals surface area contributed by atoms with Crippen molar-refractivity contribution in [1.82, 2.24) is 19.8 Å². The fraction of sp³-hybridized carbons (Fsp3) is 0.429. The molecule has 0 radical (unpaired) electrons. The normalized spacial score (nSPS) is 17.4. The van der Waals surface area contributed by atoms with Crippen LogP contribution in [0.5, 0.6) is 5.75 Å². The summed E-state index contributed by atoms with van der Waals surface area (Å²) in [5.74, 6) is -3.88. The van der Waals surface area contributed by atoms with Crippen molar-refractivity contribution < 1.29 is 60.4 Å². The summed E-state index contributed by atoms with van der Waals surface area (Å²) in [6, 6.07) is 12.0. The summed E-state index contributed by atoms with van der Waals surface area (Å²) in [6.07, 6.45) is -5.27. The number of carboxylic acid groups (broad SMARTS) is 2. The number of aromatic nitrogens is 2. The SMILES string of the molecule is COc1cccc(CNC(=O)C2Cn3ccnc3C3(CCN(Cc4cccs4)CC3)O2)c1.O=C(O)C(F)(F)F.O=C(O)C(F)(F)F. The minimum atomic E-state index is -5.08. The van der Waals surface area contributed by atoms with Crippen molar-refractivity contribution in [3.63, 3.8) is 0 Å². The Morgan fingerprint density at radius 2 is 1.70 bits per heavy atom. The summed E-state index contributed by atoms with van der Waals surface area (Å²) in [5.41, 5.74) is 0.486. The zero-order valence-corrected chi connectivity index (χ0v) is 25.0. The maximum Gasteiger partial charge on any atom is 0.490 e. The third kappa shape index (κ3) is 10.2. The number of amides is 1. The van der Waals surface area contributed by atoms with Crippen molar-refractivity contribution in [2.75, 3.05) is 20.2 Å². The highest BCUT2D eigenvalue weighted by Gasteiger charge is 2.47. The summed E-state index contributed by atoms with van der Waals surface area (Å²) in [5, 5.41) is 19.4. The Hall–Kier alpha value is -4.16. The molecule has 2 aliphatic rings. The Balaban J connectivity index is 0.000000345. The van der Waals surface area contributed by atoms with Crippen LogP contribution in [0.4, 0.5) is 26.3 Å². The number of rotatable bonds is 6. The number of hydrogen-bond acceptors (Lipinski definition) is 8. The van der Waals surface area contributed by atoms with E-state index in [1.807, 2.05) is 36.7 Å². The molecule has 5 rings (SSSR count). The Kier molecular flexibility index (Phi) is 12.2. The van der Waals surface area contributed by atoms with Crippen molar-refractivity contribution in [2.45, 2.75) is 56.5 Å². The van der Waals surface area contributed by atoms with Crippen LogP contribution in [0.15, 0.2) is 54.2 Å². The molecule has 1 aromatic carbocycles. The summed E-state index contributed by atoms with van der Waals surface area (Å²) < 4.78 is 77.4. The number of imidazole rings is 1. The lowest BCUT2D eigenvalue weighted by atomic mass is 9.88. The minimum absolute atomic E-state index is 0.0902. The summed E-state index contributed by atoms with van der Waals surface area (Å²) >= 11 is 1.79. The second kappa shape index (κ2) is 15.4. The number of thiophene rings is 1. The predicted octanol–water partition coefficient (Wildman–Crippen LogP) is 4.43. The molecule has 0 saturated carbocycles. The monoisotopic (exact) mass is 680 g/mol. The Morgan fingerprint density at radius 1 is 1.07 bits per heavy atom. The highest BCUT2D eigenvalue weighted by Crippen LogP contribution is 2.40. The molecule has 4 heterocycles. The highest BCUT2D eigenvalue weighted by molar-refractivity contribution is 7.09. The van der Waals surface area contributed by atoms with E-state index in [9.17, 15) is 31.1 Å². The standard InChI is InChI=1S/C24H28N4O3S.2C2HF3O2/c1-30-19-5-2-4-18(14-19)15-26-22(29)21-17-28-12-9-25-23(28)24(31-21)7-10-27(11-8-24)16-20-6-3-13-32-20;2*3-2(4,5)1(6)7/h2-6,9,12-14,21H,7-8,10-11,15-17H2,1H3,(H,26,29);2*(H,6,7). The number of benzene rings is 1. The van der Waals surface area contributed by atoms with Crippen LogP contribution in [0.2, 0.25) is 0 Å². The summed E-state index contributed by atoms with van der Waals surface area (Å²) in [7, 11) is 1.64. The highest BCUT2D eigenvalue weighted by atomic mass is 32.1. The molecular formula is C28H30F6N4O7S. The average molecular weight is 681 g/mol. The number of alkyl halides is 6. The lowest BCUT2D eigenvalue weighted by molar-refractivity contribution is -0.193. The molecule has 3 N–H and O–H groups in total. The van der Waals surface area contributed by atoms with Crippen LogP contribution in [0.1, 0.15) is 29.1 Å². The largest absolute Gasteiger partial charge is 0.497 e. The second-order valence-electron chi connectivity index (χ2n) is 10.0. The molecule has 0 bridgehead atoms. The maximum absolute atomic E-state index is 13.0. The van der Waals surface area contributed by atoms with Crippen molar-refractivity contribution in [1.29, 1.82) is 0 Å². The van der Waals surface area contributed by atoms with E-state index < -0.39 is 36.0 Å². The zero-order valence-electron chi connectivity index (χ0n) is 24.2. The molecule has 2 aliphatic heterocycles. The minimum Gasteiger partial charge on any atom is -0.497 e. The number of ether oxygens (including phenoxy) is 2. The third-order valence-electron chi connectivity index (χ3n) is 6.85. The first-order valence-corrected chi connectivity index (χ1v) is 14.4. The van der Waals surface area contributed by atoms with Crippen molar-refractivity contribution in [2.24, 2.45) is 0 Å². The van der Waals surface area contributed by atoms with E-state index in [4.69, 9.17) is 29.3 Å². The van der Waals surface area contributed by atoms with Gasteiger partial charge in [-0.2, -0.15) is 26.3 Å². The maximum atomic E-state index is 13.0. The topological polar surface area (TPSA) is 143 Å². The molecule has 1 amide bonds. The number of piperidine rings is 1. The number of nitrogens with one attached hydrogen (secondary N) is 1. The van der Waals surface area contributed by atoms with Gasteiger partial charge in [-0.15, -0.1) is 11.3 Å². The molecule has 252 valence electrons. The van der Waals surface area contributed by atoms with Crippen LogP contribution in [-0.2, 0) is 44.4 Å². The fourth-order valence-electron chi connectivity index (χ4n) is 4.66. The van der Waals surface area contributed by atoms with Gasteiger partial charge in [-0.05, 0) is 42.0 Å². The fourth-order valence-corrected chi connectivity index (χ4v) is 5.40. The van der Waals surface area contributed by atoms with E-state index >= 15 is 0 Å². The predicted molar refractivity (Wildman–Crippen MR) is 150 cm³/mol. The molecule has 3 aromatic rings. The molecule has 1 unspecified atom stereocenters. The molecule has 1 fully saturated rings. The van der Waals surface area contributed by atoms with E-state index in [1.165, 1.54) is 4.88 Å². The van der Waals surface area contributed by atoms with Gasteiger partial charge in [-0.1, -0.05) is 18.2 Å². The van der Waals surface area contributed by atoms with Crippen LogP contribution < -0.4 is 10.1 Å². The molecule has 1 saturated heterocycles. The number of carbonyl (C=O) groups excluding carboxylic acids is 1. The second-order valence-corrected chi connectivity index (χ2v) is 11.1. The van der Waals surface area contributed by atoms with Gasteiger partial charge in [0.15, 0.2) is 6.10 Å². The molecule has 1 atom stereocenters. The number of likely N-dealkylation sites (tertiary alicyclic amines) is 1. The van der Waals surface area contributed by atoms with Crippen molar-refractivity contribution in [3.8, 4) is 5.75 Å². The third-order valence-corrected chi connectivity index (χ3v) is 7.72. The van der Waals surface area contributed by atoms with E-state index in [0.29, 0.717) is 13.1 Å². The van der Waals surface area contributed by atoms with Crippen LogP contribution in [0.25, 0.3) is 0 Å². The number of hydrogen-bond donors (Lipinski definition) is 3. The van der Waals surface area contributed by atoms with Gasteiger partial charge in [0.25, 0.3) is 5.91 Å². The lowest BCUT2D eigenvalue weighted by Crippen LogP contribution is -2.53. The number of fused-ring (bicyclic) bond motifs is 2. The molecule has 11 nitrogen and oxygen atoms in total. The Morgan fingerprint density at radius 3 is 2.24 bits per heavy atom. The molecule has 1 spiro atoms. The number of nitrogens with zero attached hydrogens (tertiary/aromatic N) is 3. The molecular weight excluding hydrogens is 650 g/mol. The van der Waals surface area contributed by atoms with Crippen LogP contribution in [0.3, 0.4) is 0 Å². The molecule has 18 heteroatoms. The van der Waals surface area contributed by atoms with Gasteiger partial charge < -0.3 is 29.6 Å². The van der Waals surface area contributed by atoms with E-state index in [1.54, 1.807) is 18.4 Å². The number of halogens is 6. The number of methoxy groups -OCH3 is 1. The van der Waals surface area contributed by atoms with Gasteiger partial charge in [0.2, 0.25) is 0 Å². The van der Waals surface area contributed by atoms with Gasteiger partial charge in [0.05, 0.1) is 13.7 Å². The Bertz CT molecular complexity index is 1430. The number of carboxylic acids is 2. The average Bonchev–Trinajstić information content (AvgIpc) is 3.70. The molecule has 0 aliphatic carbocycles. The van der Waals surface area contributed by atoms with Crippen LogP contribution in [-0.4, -0.2) is 81.2 Å². The lowest BCUT2D eigenvalue weighted by Gasteiger charge is -2.45. The summed E-state index contributed by atoms with van der Waals surface area (Å²) in [4.78, 5) is 39.3. The first-order chi connectivity index (χ1) is 21.5. The van der Waals surface area contributed by atoms with Gasteiger partial charge in [0, 0.05) is 43.4 Å². The van der Waals surface area contributed by atoms with Crippen LogP contribution in [0, 0.1) is 0 Å². The van der Waals surface area contributed by atoms with Crippen LogP contribution >= 0.6 is 11.3 Å². The number of carbonyl (C=O) groups is 3. The Labute approximate surface area is 262 Å². The first-order valence-electron chi connectivity index (χ1n) is 13.5.